The number of hydrogen-bond acceptors (Lipinski definition) is 5. The van der Waals surface area contributed by atoms with Crippen LogP contribution in [0.5, 0.6) is 0 Å². The maximum atomic E-state index is 11.7. The van der Waals surface area contributed by atoms with Crippen molar-refractivity contribution in [1.82, 2.24) is 9.55 Å². The molecular weight excluding hydrogens is 252 g/mol. The third kappa shape index (κ3) is 2.65. The van der Waals surface area contributed by atoms with Crippen molar-refractivity contribution in [2.45, 2.75) is 13.5 Å². The van der Waals surface area contributed by atoms with Gasteiger partial charge in [-0.15, -0.1) is 11.3 Å². The van der Waals surface area contributed by atoms with Crippen molar-refractivity contribution >= 4 is 23.1 Å². The lowest BCUT2D eigenvalue weighted by Gasteiger charge is -2.02. The summed E-state index contributed by atoms with van der Waals surface area (Å²) < 4.78 is 6.90. The highest BCUT2D eigenvalue weighted by atomic mass is 32.1. The average molecular weight is 264 g/mol. The fourth-order valence-corrected chi connectivity index (χ4v) is 2.20. The minimum absolute atomic E-state index is 0.0607. The van der Waals surface area contributed by atoms with E-state index in [1.54, 1.807) is 28.4 Å². The minimum Gasteiger partial charge on any atom is -0.453 e. The molecule has 0 amide bonds. The Labute approximate surface area is 108 Å². The molecule has 0 atom stereocenters. The van der Waals surface area contributed by atoms with E-state index in [0.29, 0.717) is 16.3 Å². The summed E-state index contributed by atoms with van der Waals surface area (Å²) in [7, 11) is 1.83. The number of carbonyl (C=O) groups is 2. The van der Waals surface area contributed by atoms with E-state index in [-0.39, 0.29) is 12.4 Å². The molecule has 94 valence electrons. The Kier molecular flexibility index (Phi) is 3.57. The van der Waals surface area contributed by atoms with Gasteiger partial charge in [-0.05, 0) is 13.0 Å². The van der Waals surface area contributed by atoms with Crippen molar-refractivity contribution in [2.75, 3.05) is 0 Å². The van der Waals surface area contributed by atoms with Gasteiger partial charge in [0.25, 0.3) is 0 Å². The van der Waals surface area contributed by atoms with Crippen LogP contribution in [0.4, 0.5) is 0 Å². The second kappa shape index (κ2) is 5.14. The van der Waals surface area contributed by atoms with E-state index >= 15 is 0 Å². The van der Waals surface area contributed by atoms with Crippen LogP contribution in [-0.4, -0.2) is 21.3 Å². The van der Waals surface area contributed by atoms with Crippen LogP contribution in [0.2, 0.25) is 0 Å². The lowest BCUT2D eigenvalue weighted by Crippen LogP contribution is -2.07. The van der Waals surface area contributed by atoms with E-state index in [2.05, 4.69) is 4.98 Å². The molecule has 6 heteroatoms. The molecule has 0 unspecified atom stereocenters. The number of ketones is 1. The van der Waals surface area contributed by atoms with Gasteiger partial charge in [-0.2, -0.15) is 0 Å². The summed E-state index contributed by atoms with van der Waals surface area (Å²) in [6.45, 7) is 1.58. The Bertz CT molecular complexity index is 586. The van der Waals surface area contributed by atoms with Crippen molar-refractivity contribution in [1.29, 1.82) is 0 Å². The maximum absolute atomic E-state index is 11.7. The van der Waals surface area contributed by atoms with E-state index in [4.69, 9.17) is 4.74 Å². The predicted molar refractivity (Wildman–Crippen MR) is 66.7 cm³/mol. The summed E-state index contributed by atoms with van der Waals surface area (Å²) in [4.78, 5) is 27.3. The fraction of sp³-hybridized carbons (Fsp3) is 0.250. The van der Waals surface area contributed by atoms with Crippen LogP contribution in [0.25, 0.3) is 0 Å². The van der Waals surface area contributed by atoms with Crippen LogP contribution in [0, 0.1) is 0 Å². The van der Waals surface area contributed by atoms with Gasteiger partial charge >= 0.3 is 5.97 Å². The Morgan fingerprint density at radius 2 is 2.28 bits per heavy atom. The number of thiophene rings is 1. The monoisotopic (exact) mass is 264 g/mol. The van der Waals surface area contributed by atoms with Gasteiger partial charge in [-0.25, -0.2) is 9.78 Å². The number of esters is 1. The van der Waals surface area contributed by atoms with Crippen LogP contribution < -0.4 is 0 Å². The normalized spacial score (nSPS) is 10.3. The molecule has 0 aliphatic carbocycles. The van der Waals surface area contributed by atoms with Crippen LogP contribution in [0.3, 0.4) is 0 Å². The molecule has 0 aromatic carbocycles. The van der Waals surface area contributed by atoms with Crippen molar-refractivity contribution in [3.05, 3.63) is 40.1 Å². The molecule has 2 aromatic heterocycles. The summed E-state index contributed by atoms with van der Waals surface area (Å²) in [6.07, 6.45) is 3.42. The molecule has 2 heterocycles. The van der Waals surface area contributed by atoms with Crippen LogP contribution in [0.1, 0.15) is 32.8 Å². The first-order valence-electron chi connectivity index (χ1n) is 5.30. The summed E-state index contributed by atoms with van der Waals surface area (Å²) in [6, 6.07) is 1.55. The number of rotatable bonds is 4. The fourth-order valence-electron chi connectivity index (χ4n) is 1.36. The third-order valence-electron chi connectivity index (χ3n) is 2.46. The number of Topliss-reactive ketones (excluding diaryl/α,β-unsaturated/α-hetero) is 1. The lowest BCUT2D eigenvalue weighted by molar-refractivity contribution is 0.0465. The van der Waals surface area contributed by atoms with Gasteiger partial charge in [0.05, 0.1) is 0 Å². The van der Waals surface area contributed by atoms with Gasteiger partial charge in [-0.1, -0.05) is 0 Å². The molecule has 0 aliphatic heterocycles. The topological polar surface area (TPSA) is 61.2 Å². The van der Waals surface area contributed by atoms with E-state index in [9.17, 15) is 9.59 Å². The highest BCUT2D eigenvalue weighted by Crippen LogP contribution is 2.16. The maximum Gasteiger partial charge on any atom is 0.348 e. The predicted octanol–water partition coefficient (Wildman–Crippen LogP) is 2.04. The Morgan fingerprint density at radius 1 is 1.50 bits per heavy atom. The largest absolute Gasteiger partial charge is 0.453 e. The van der Waals surface area contributed by atoms with Gasteiger partial charge in [0, 0.05) is 30.4 Å². The summed E-state index contributed by atoms with van der Waals surface area (Å²) in [5.74, 6) is 0.177. The smallest absolute Gasteiger partial charge is 0.348 e. The SMILES string of the molecule is CC(=O)c1csc(C(=O)OCc2nccn2C)c1. The number of nitrogens with zero attached hydrogens (tertiary/aromatic N) is 2. The molecule has 0 N–H and O–H groups in total. The average Bonchev–Trinajstić information content (AvgIpc) is 2.94. The van der Waals surface area contributed by atoms with Gasteiger partial charge in [0.1, 0.15) is 17.3 Å². The zero-order valence-electron chi connectivity index (χ0n) is 10.0. The molecule has 0 bridgehead atoms. The molecule has 0 radical (unpaired) electrons. The van der Waals surface area contributed by atoms with Gasteiger partial charge in [-0.3, -0.25) is 4.79 Å². The lowest BCUT2D eigenvalue weighted by atomic mass is 10.2. The molecule has 5 nitrogen and oxygen atoms in total. The summed E-state index contributed by atoms with van der Waals surface area (Å²) >= 11 is 1.20. The molecule has 0 saturated carbocycles. The number of imidazole rings is 1. The van der Waals surface area contributed by atoms with Gasteiger partial charge in [0.15, 0.2) is 5.78 Å². The highest BCUT2D eigenvalue weighted by molar-refractivity contribution is 7.12. The van der Waals surface area contributed by atoms with E-state index < -0.39 is 5.97 Å². The summed E-state index contributed by atoms with van der Waals surface area (Å²) in [5, 5.41) is 1.65. The standard InChI is InChI=1S/C12H12N2O3S/c1-8(15)9-5-10(18-7-9)12(16)17-6-11-13-3-4-14(11)2/h3-5,7H,6H2,1-2H3. The first-order valence-corrected chi connectivity index (χ1v) is 6.18. The number of ether oxygens (including phenoxy) is 1. The number of aromatic nitrogens is 2. The first-order chi connectivity index (χ1) is 8.58. The molecule has 0 spiro atoms. The van der Waals surface area contributed by atoms with Crippen LogP contribution in [0.15, 0.2) is 23.8 Å². The van der Waals surface area contributed by atoms with E-state index in [1.165, 1.54) is 18.3 Å². The molecule has 2 aromatic rings. The molecular formula is C12H12N2O3S. The van der Waals surface area contributed by atoms with Crippen molar-refractivity contribution in [3.8, 4) is 0 Å². The second-order valence-corrected chi connectivity index (χ2v) is 4.70. The third-order valence-corrected chi connectivity index (χ3v) is 3.37. The van der Waals surface area contributed by atoms with Crippen LogP contribution in [-0.2, 0) is 18.4 Å². The van der Waals surface area contributed by atoms with Gasteiger partial charge in [0.2, 0.25) is 0 Å². The summed E-state index contributed by atoms with van der Waals surface area (Å²) in [5.41, 5.74) is 0.531. The Balaban J connectivity index is 1.99. The minimum atomic E-state index is -0.435. The van der Waals surface area contributed by atoms with Crippen molar-refractivity contribution in [2.24, 2.45) is 7.05 Å². The quantitative estimate of drug-likeness (QED) is 0.626. The number of carbonyl (C=O) groups excluding carboxylic acids is 2. The number of hydrogen-bond donors (Lipinski definition) is 0. The van der Waals surface area contributed by atoms with Crippen molar-refractivity contribution < 1.29 is 14.3 Å². The Hall–Kier alpha value is -1.95. The highest BCUT2D eigenvalue weighted by Gasteiger charge is 2.13. The van der Waals surface area contributed by atoms with E-state index in [1.807, 2.05) is 7.05 Å². The Morgan fingerprint density at radius 3 is 2.83 bits per heavy atom. The van der Waals surface area contributed by atoms with Crippen molar-refractivity contribution in [3.63, 3.8) is 0 Å². The zero-order valence-corrected chi connectivity index (χ0v) is 10.9. The molecule has 2 rings (SSSR count). The zero-order chi connectivity index (χ0) is 13.1. The van der Waals surface area contributed by atoms with E-state index in [0.717, 1.165) is 0 Å². The molecule has 18 heavy (non-hydrogen) atoms. The molecule has 0 fully saturated rings. The molecule has 0 aliphatic rings. The van der Waals surface area contributed by atoms with Gasteiger partial charge < -0.3 is 9.30 Å². The number of aryl methyl sites for hydroxylation is 1. The molecule has 0 saturated heterocycles. The first kappa shape index (κ1) is 12.5. The van der Waals surface area contributed by atoms with Crippen LogP contribution >= 0.6 is 11.3 Å². The second-order valence-electron chi connectivity index (χ2n) is 3.79.